The molecule has 0 bridgehead atoms. The van der Waals surface area contributed by atoms with Crippen molar-refractivity contribution in [3.8, 4) is 6.07 Å². The van der Waals surface area contributed by atoms with E-state index in [2.05, 4.69) is 16.3 Å². The number of nitrogens with one attached hydrogen (secondary N) is 1. The number of nitrogens with zero attached hydrogens (tertiary/aromatic N) is 2. The molecule has 5 heteroatoms. The van der Waals surface area contributed by atoms with Crippen LogP contribution >= 0.6 is 0 Å². The van der Waals surface area contributed by atoms with Crippen LogP contribution in [-0.4, -0.2) is 36.2 Å². The van der Waals surface area contributed by atoms with Crippen LogP contribution in [-0.2, 0) is 11.3 Å². The molecular formula is C18H25N3O2. The third-order valence-corrected chi connectivity index (χ3v) is 3.84. The third kappa shape index (κ3) is 5.57. The molecule has 124 valence electrons. The molecule has 1 N–H and O–H groups in total. The predicted molar refractivity (Wildman–Crippen MR) is 88.8 cm³/mol. The van der Waals surface area contributed by atoms with Gasteiger partial charge in [0, 0.05) is 19.6 Å². The summed E-state index contributed by atoms with van der Waals surface area (Å²) in [5.41, 5.74) is 1.34. The molecule has 1 saturated heterocycles. The van der Waals surface area contributed by atoms with E-state index < -0.39 is 5.60 Å². The Morgan fingerprint density at radius 2 is 2.17 bits per heavy atom. The highest BCUT2D eigenvalue weighted by molar-refractivity contribution is 5.67. The normalized spacial score (nSPS) is 18.4. The number of carbonyl (C=O) groups is 1. The van der Waals surface area contributed by atoms with Crippen LogP contribution in [0.5, 0.6) is 0 Å². The number of hydrogen-bond donors (Lipinski definition) is 1. The van der Waals surface area contributed by atoms with Crippen molar-refractivity contribution < 1.29 is 9.53 Å². The highest BCUT2D eigenvalue weighted by Crippen LogP contribution is 2.19. The zero-order valence-corrected chi connectivity index (χ0v) is 14.1. The van der Waals surface area contributed by atoms with Crippen molar-refractivity contribution in [3.05, 3.63) is 35.4 Å². The zero-order chi connectivity index (χ0) is 16.9. The summed E-state index contributed by atoms with van der Waals surface area (Å²) < 4.78 is 5.25. The minimum absolute atomic E-state index is 0.356. The number of carbonyl (C=O) groups excluding carboxylic acids is 1. The quantitative estimate of drug-likeness (QED) is 0.928. The molecule has 5 nitrogen and oxygen atoms in total. The third-order valence-electron chi connectivity index (χ3n) is 3.84. The summed E-state index contributed by atoms with van der Waals surface area (Å²) in [5.74, 6) is 0.428. The Balaban J connectivity index is 1.78. The molecule has 1 amide bonds. The zero-order valence-electron chi connectivity index (χ0n) is 14.1. The van der Waals surface area contributed by atoms with Gasteiger partial charge in [-0.05, 0) is 51.3 Å². The van der Waals surface area contributed by atoms with Crippen LogP contribution in [0.25, 0.3) is 0 Å². The summed E-state index contributed by atoms with van der Waals surface area (Å²) in [5, 5.41) is 12.0. The fourth-order valence-corrected chi connectivity index (χ4v) is 2.77. The van der Waals surface area contributed by atoms with E-state index in [9.17, 15) is 4.79 Å². The lowest BCUT2D eigenvalue weighted by atomic mass is 10.1. The average molecular weight is 315 g/mol. The molecule has 23 heavy (non-hydrogen) atoms. The van der Waals surface area contributed by atoms with Crippen molar-refractivity contribution in [3.63, 3.8) is 0 Å². The van der Waals surface area contributed by atoms with Gasteiger partial charge in [-0.2, -0.15) is 5.26 Å². The van der Waals surface area contributed by atoms with E-state index in [1.807, 2.05) is 45.0 Å². The van der Waals surface area contributed by atoms with Crippen LogP contribution in [0.2, 0.25) is 0 Å². The second kappa shape index (κ2) is 7.47. The van der Waals surface area contributed by atoms with Gasteiger partial charge in [-0.1, -0.05) is 18.2 Å². The molecule has 0 aliphatic carbocycles. The molecule has 2 rings (SSSR count). The Morgan fingerprint density at radius 3 is 2.87 bits per heavy atom. The lowest BCUT2D eigenvalue weighted by molar-refractivity contribution is 0.0519. The molecule has 1 atom stereocenters. The average Bonchev–Trinajstić information content (AvgIpc) is 2.91. The molecule has 0 spiro atoms. The monoisotopic (exact) mass is 315 g/mol. The van der Waals surface area contributed by atoms with E-state index in [0.717, 1.165) is 37.2 Å². The summed E-state index contributed by atoms with van der Waals surface area (Å²) in [6, 6.07) is 9.96. The number of rotatable bonds is 4. The van der Waals surface area contributed by atoms with Gasteiger partial charge in [0.25, 0.3) is 0 Å². The Bertz CT molecular complexity index is 587. The van der Waals surface area contributed by atoms with Gasteiger partial charge in [0.2, 0.25) is 0 Å². The first-order valence-electron chi connectivity index (χ1n) is 8.04. The van der Waals surface area contributed by atoms with Gasteiger partial charge in [-0.25, -0.2) is 4.79 Å². The van der Waals surface area contributed by atoms with Gasteiger partial charge in [-0.3, -0.25) is 4.90 Å². The number of likely N-dealkylation sites (tertiary alicyclic amines) is 1. The Kier molecular flexibility index (Phi) is 5.62. The van der Waals surface area contributed by atoms with Gasteiger partial charge in [-0.15, -0.1) is 0 Å². The van der Waals surface area contributed by atoms with Crippen molar-refractivity contribution in [1.82, 2.24) is 10.2 Å². The maximum Gasteiger partial charge on any atom is 0.407 e. The van der Waals surface area contributed by atoms with Crippen molar-refractivity contribution in [2.45, 2.75) is 39.3 Å². The number of ether oxygens (including phenoxy) is 1. The highest BCUT2D eigenvalue weighted by atomic mass is 16.6. The molecular weight excluding hydrogens is 290 g/mol. The Hall–Kier alpha value is -2.06. The highest BCUT2D eigenvalue weighted by Gasteiger charge is 2.24. The molecule has 1 aliphatic rings. The standard InChI is InChI=1S/C18H25N3O2/c1-18(2,3)23-17(22)20-11-14-8-9-21(12-14)13-16-7-5-4-6-15(16)10-19/h4-7,14H,8-9,11-13H2,1-3H3,(H,20,22). The van der Waals surface area contributed by atoms with E-state index in [1.165, 1.54) is 0 Å². The fraction of sp³-hybridized carbons (Fsp3) is 0.556. The van der Waals surface area contributed by atoms with Crippen LogP contribution in [0, 0.1) is 17.2 Å². The van der Waals surface area contributed by atoms with Crippen molar-refractivity contribution >= 4 is 6.09 Å². The minimum Gasteiger partial charge on any atom is -0.444 e. The first-order chi connectivity index (χ1) is 10.9. The molecule has 0 saturated carbocycles. The lowest BCUT2D eigenvalue weighted by Crippen LogP contribution is -2.36. The number of hydrogen-bond acceptors (Lipinski definition) is 4. The lowest BCUT2D eigenvalue weighted by Gasteiger charge is -2.21. The SMILES string of the molecule is CC(C)(C)OC(=O)NCC1CCN(Cc2ccccc2C#N)C1. The second-order valence-corrected chi connectivity index (χ2v) is 7.04. The molecule has 1 aliphatic heterocycles. The van der Waals surface area contributed by atoms with E-state index in [0.29, 0.717) is 12.5 Å². The predicted octanol–water partition coefficient (Wildman–Crippen LogP) is 2.90. The van der Waals surface area contributed by atoms with Crippen LogP contribution in [0.3, 0.4) is 0 Å². The summed E-state index contributed by atoms with van der Waals surface area (Å²) in [4.78, 5) is 14.0. The van der Waals surface area contributed by atoms with Crippen LogP contribution < -0.4 is 5.32 Å². The Labute approximate surface area is 138 Å². The maximum atomic E-state index is 11.7. The Morgan fingerprint density at radius 1 is 1.43 bits per heavy atom. The van der Waals surface area contributed by atoms with Crippen molar-refractivity contribution in [2.24, 2.45) is 5.92 Å². The number of alkyl carbamates (subject to hydrolysis) is 1. The van der Waals surface area contributed by atoms with E-state index in [1.54, 1.807) is 0 Å². The molecule has 1 aromatic carbocycles. The van der Waals surface area contributed by atoms with Crippen LogP contribution in [0.1, 0.15) is 38.3 Å². The molecule has 1 aromatic rings. The summed E-state index contributed by atoms with van der Waals surface area (Å²) in [6.45, 7) is 8.90. The second-order valence-electron chi connectivity index (χ2n) is 7.04. The van der Waals surface area contributed by atoms with Crippen LogP contribution in [0.4, 0.5) is 4.79 Å². The van der Waals surface area contributed by atoms with E-state index >= 15 is 0 Å². The minimum atomic E-state index is -0.465. The topological polar surface area (TPSA) is 65.4 Å². The smallest absolute Gasteiger partial charge is 0.407 e. The molecule has 1 fully saturated rings. The summed E-state index contributed by atoms with van der Waals surface area (Å²) >= 11 is 0. The van der Waals surface area contributed by atoms with Gasteiger partial charge in [0.05, 0.1) is 11.6 Å². The first-order valence-corrected chi connectivity index (χ1v) is 8.04. The van der Waals surface area contributed by atoms with Gasteiger partial charge in [0.1, 0.15) is 5.60 Å². The molecule has 1 unspecified atom stereocenters. The molecule has 0 radical (unpaired) electrons. The number of nitriles is 1. The van der Waals surface area contributed by atoms with Gasteiger partial charge in [0.15, 0.2) is 0 Å². The van der Waals surface area contributed by atoms with E-state index in [4.69, 9.17) is 10.00 Å². The maximum absolute atomic E-state index is 11.7. The van der Waals surface area contributed by atoms with Gasteiger partial charge < -0.3 is 10.1 Å². The molecule has 1 heterocycles. The van der Waals surface area contributed by atoms with Crippen molar-refractivity contribution in [2.75, 3.05) is 19.6 Å². The summed E-state index contributed by atoms with van der Waals surface area (Å²) in [6.07, 6.45) is 0.690. The fourth-order valence-electron chi connectivity index (χ4n) is 2.77. The molecule has 0 aromatic heterocycles. The number of amides is 1. The number of benzene rings is 1. The van der Waals surface area contributed by atoms with Crippen molar-refractivity contribution in [1.29, 1.82) is 5.26 Å². The largest absolute Gasteiger partial charge is 0.444 e. The van der Waals surface area contributed by atoms with E-state index in [-0.39, 0.29) is 6.09 Å². The first kappa shape index (κ1) is 17.3. The summed E-state index contributed by atoms with van der Waals surface area (Å²) in [7, 11) is 0. The van der Waals surface area contributed by atoms with Gasteiger partial charge >= 0.3 is 6.09 Å². The van der Waals surface area contributed by atoms with Crippen LogP contribution in [0.15, 0.2) is 24.3 Å².